The molecule has 0 atom stereocenters. The van der Waals surface area contributed by atoms with E-state index < -0.39 is 11.9 Å². The Hall–Kier alpha value is -2.84. The Bertz CT molecular complexity index is 960. The first-order valence-corrected chi connectivity index (χ1v) is 9.84. The summed E-state index contributed by atoms with van der Waals surface area (Å²) >= 11 is 7.38. The highest BCUT2D eigenvalue weighted by Gasteiger charge is 2.15. The molecular formula is C19H18ClN5O2S. The van der Waals surface area contributed by atoms with Gasteiger partial charge in [-0.05, 0) is 29.8 Å². The molecule has 3 N–H and O–H groups in total. The minimum absolute atomic E-state index is 0.141. The molecule has 1 aromatic heterocycles. The second kappa shape index (κ2) is 9.38. The molecule has 0 aliphatic rings. The molecule has 0 aliphatic carbocycles. The molecule has 2 aromatic carbocycles. The number of carbonyl (C=O) groups is 2. The van der Waals surface area contributed by atoms with Crippen molar-refractivity contribution in [3.05, 3.63) is 65.2 Å². The molecule has 3 rings (SSSR count). The summed E-state index contributed by atoms with van der Waals surface area (Å²) in [5.41, 5.74) is 6.95. The first-order valence-electron chi connectivity index (χ1n) is 8.48. The third-order valence-electron chi connectivity index (χ3n) is 3.83. The van der Waals surface area contributed by atoms with Crippen LogP contribution in [0.1, 0.15) is 12.0 Å². The van der Waals surface area contributed by atoms with E-state index in [1.54, 1.807) is 12.1 Å². The number of urea groups is 1. The molecule has 1 heterocycles. The molecule has 28 heavy (non-hydrogen) atoms. The van der Waals surface area contributed by atoms with Gasteiger partial charge in [0, 0.05) is 22.8 Å². The molecular weight excluding hydrogens is 398 g/mol. The van der Waals surface area contributed by atoms with Gasteiger partial charge in [-0.3, -0.25) is 14.7 Å². The molecule has 0 bridgehead atoms. The molecule has 0 aliphatic heterocycles. The molecule has 0 saturated carbocycles. The number of carbonyl (C=O) groups excluding carboxylic acids is 2. The number of imide groups is 1. The standard InChI is InChI=1S/C19H18ClN5O2S/c20-15-8-6-14(7-9-15)17-23-24-19(28-11-10-16(26)22-18(21)27)25(17)12-13-4-2-1-3-5-13/h1-9H,10-12H2,(H3,21,22,26,27). The monoisotopic (exact) mass is 415 g/mol. The fourth-order valence-corrected chi connectivity index (χ4v) is 3.55. The van der Waals surface area contributed by atoms with Crippen LogP contribution in [0.4, 0.5) is 4.79 Å². The topological polar surface area (TPSA) is 103 Å². The van der Waals surface area contributed by atoms with Crippen LogP contribution in [-0.2, 0) is 11.3 Å². The van der Waals surface area contributed by atoms with Gasteiger partial charge in [0.05, 0.1) is 6.54 Å². The van der Waals surface area contributed by atoms with E-state index in [0.29, 0.717) is 28.3 Å². The van der Waals surface area contributed by atoms with Crippen LogP contribution in [0.5, 0.6) is 0 Å². The second-order valence-corrected chi connectivity index (χ2v) is 7.39. The van der Waals surface area contributed by atoms with Crippen LogP contribution in [-0.4, -0.2) is 32.5 Å². The zero-order valence-electron chi connectivity index (χ0n) is 14.8. The van der Waals surface area contributed by atoms with Gasteiger partial charge in [-0.25, -0.2) is 4.79 Å². The summed E-state index contributed by atoms with van der Waals surface area (Å²) in [4.78, 5) is 22.3. The minimum Gasteiger partial charge on any atom is -0.351 e. The summed E-state index contributed by atoms with van der Waals surface area (Å²) in [5, 5.41) is 12.0. The lowest BCUT2D eigenvalue weighted by atomic mass is 10.2. The Kier molecular flexibility index (Phi) is 6.67. The van der Waals surface area contributed by atoms with Crippen molar-refractivity contribution in [2.75, 3.05) is 5.75 Å². The maximum atomic E-state index is 11.6. The quantitative estimate of drug-likeness (QED) is 0.576. The Labute approximate surface area is 171 Å². The van der Waals surface area contributed by atoms with Gasteiger partial charge in [0.1, 0.15) is 0 Å². The van der Waals surface area contributed by atoms with Gasteiger partial charge in [-0.2, -0.15) is 0 Å². The van der Waals surface area contributed by atoms with E-state index in [1.807, 2.05) is 47.0 Å². The molecule has 0 spiro atoms. The number of nitrogens with zero attached hydrogens (tertiary/aromatic N) is 3. The number of nitrogens with two attached hydrogens (primary N) is 1. The normalized spacial score (nSPS) is 10.6. The van der Waals surface area contributed by atoms with Gasteiger partial charge >= 0.3 is 6.03 Å². The van der Waals surface area contributed by atoms with Crippen LogP contribution in [0.2, 0.25) is 5.02 Å². The fourth-order valence-electron chi connectivity index (χ4n) is 2.55. The van der Waals surface area contributed by atoms with Crippen molar-refractivity contribution in [2.24, 2.45) is 5.73 Å². The average Bonchev–Trinajstić information content (AvgIpc) is 3.05. The predicted octanol–water partition coefficient (Wildman–Crippen LogP) is 3.32. The maximum Gasteiger partial charge on any atom is 0.318 e. The Morgan fingerprint density at radius 3 is 2.46 bits per heavy atom. The Morgan fingerprint density at radius 2 is 1.79 bits per heavy atom. The van der Waals surface area contributed by atoms with E-state index in [1.165, 1.54) is 11.8 Å². The molecule has 0 unspecified atom stereocenters. The molecule has 0 fully saturated rings. The van der Waals surface area contributed by atoms with Gasteiger partial charge in [0.15, 0.2) is 11.0 Å². The third kappa shape index (κ3) is 5.34. The smallest absolute Gasteiger partial charge is 0.318 e. The van der Waals surface area contributed by atoms with E-state index in [2.05, 4.69) is 15.5 Å². The summed E-state index contributed by atoms with van der Waals surface area (Å²) < 4.78 is 2.00. The van der Waals surface area contributed by atoms with Crippen molar-refractivity contribution in [1.82, 2.24) is 20.1 Å². The number of halogens is 1. The van der Waals surface area contributed by atoms with Crippen LogP contribution >= 0.6 is 23.4 Å². The molecule has 3 amide bonds. The van der Waals surface area contributed by atoms with Crippen molar-refractivity contribution in [2.45, 2.75) is 18.1 Å². The molecule has 0 radical (unpaired) electrons. The van der Waals surface area contributed by atoms with Gasteiger partial charge in [-0.1, -0.05) is 53.7 Å². The van der Waals surface area contributed by atoms with Gasteiger partial charge in [0.2, 0.25) is 5.91 Å². The largest absolute Gasteiger partial charge is 0.351 e. The zero-order valence-corrected chi connectivity index (χ0v) is 16.4. The Balaban J connectivity index is 1.82. The molecule has 144 valence electrons. The van der Waals surface area contributed by atoms with Crippen molar-refractivity contribution < 1.29 is 9.59 Å². The van der Waals surface area contributed by atoms with E-state index in [4.69, 9.17) is 17.3 Å². The summed E-state index contributed by atoms with van der Waals surface area (Å²) in [6, 6.07) is 16.5. The van der Waals surface area contributed by atoms with Crippen molar-refractivity contribution in [1.29, 1.82) is 0 Å². The molecule has 0 saturated heterocycles. The number of aromatic nitrogens is 3. The van der Waals surface area contributed by atoms with Crippen LogP contribution < -0.4 is 11.1 Å². The lowest BCUT2D eigenvalue weighted by Gasteiger charge is -2.10. The first kappa shape index (κ1) is 19.9. The Morgan fingerprint density at radius 1 is 1.07 bits per heavy atom. The fraction of sp³-hybridized carbons (Fsp3) is 0.158. The number of rotatable bonds is 7. The van der Waals surface area contributed by atoms with Gasteiger partial charge in [0.25, 0.3) is 0 Å². The SMILES string of the molecule is NC(=O)NC(=O)CCSc1nnc(-c2ccc(Cl)cc2)n1Cc1ccccc1. The van der Waals surface area contributed by atoms with Crippen LogP contribution in [0.15, 0.2) is 59.8 Å². The van der Waals surface area contributed by atoms with Gasteiger partial charge in [-0.15, -0.1) is 10.2 Å². The lowest BCUT2D eigenvalue weighted by Crippen LogP contribution is -2.35. The number of hydrogen-bond donors (Lipinski definition) is 2. The molecule has 7 nitrogen and oxygen atoms in total. The third-order valence-corrected chi connectivity index (χ3v) is 5.05. The maximum absolute atomic E-state index is 11.6. The number of primary amides is 1. The van der Waals surface area contributed by atoms with Crippen molar-refractivity contribution in [3.8, 4) is 11.4 Å². The zero-order chi connectivity index (χ0) is 19.9. The summed E-state index contributed by atoms with van der Waals surface area (Å²) in [5.74, 6) is 0.726. The lowest BCUT2D eigenvalue weighted by molar-refractivity contribution is -0.119. The number of benzene rings is 2. The molecule has 9 heteroatoms. The highest BCUT2D eigenvalue weighted by molar-refractivity contribution is 7.99. The highest BCUT2D eigenvalue weighted by Crippen LogP contribution is 2.26. The van der Waals surface area contributed by atoms with Crippen LogP contribution in [0, 0.1) is 0 Å². The average molecular weight is 416 g/mol. The van der Waals surface area contributed by atoms with E-state index in [-0.39, 0.29) is 6.42 Å². The number of amides is 3. The first-order chi connectivity index (χ1) is 13.5. The predicted molar refractivity (Wildman–Crippen MR) is 109 cm³/mol. The number of nitrogens with one attached hydrogen (secondary N) is 1. The van der Waals surface area contributed by atoms with Crippen molar-refractivity contribution in [3.63, 3.8) is 0 Å². The highest BCUT2D eigenvalue weighted by atomic mass is 35.5. The second-order valence-electron chi connectivity index (χ2n) is 5.90. The van der Waals surface area contributed by atoms with Crippen molar-refractivity contribution >= 4 is 35.3 Å². The summed E-state index contributed by atoms with van der Waals surface area (Å²) in [6.45, 7) is 0.585. The van der Waals surface area contributed by atoms with Crippen LogP contribution in [0.3, 0.4) is 0 Å². The van der Waals surface area contributed by atoms with E-state index in [0.717, 1.165) is 11.1 Å². The van der Waals surface area contributed by atoms with E-state index in [9.17, 15) is 9.59 Å². The summed E-state index contributed by atoms with van der Waals surface area (Å²) in [6.07, 6.45) is 0.141. The number of thioether (sulfide) groups is 1. The van der Waals surface area contributed by atoms with Gasteiger partial charge < -0.3 is 5.73 Å². The van der Waals surface area contributed by atoms with E-state index >= 15 is 0 Å². The number of hydrogen-bond acceptors (Lipinski definition) is 5. The molecule has 3 aromatic rings. The van der Waals surface area contributed by atoms with Crippen LogP contribution in [0.25, 0.3) is 11.4 Å². The minimum atomic E-state index is -0.854. The summed E-state index contributed by atoms with van der Waals surface area (Å²) in [7, 11) is 0.